The zero-order valence-electron chi connectivity index (χ0n) is 13.9. The van der Waals surface area contributed by atoms with Gasteiger partial charge in [0.05, 0.1) is 5.56 Å². The Morgan fingerprint density at radius 2 is 1.87 bits per heavy atom. The number of anilines is 1. The summed E-state index contributed by atoms with van der Waals surface area (Å²) in [7, 11) is 0. The van der Waals surface area contributed by atoms with Gasteiger partial charge in [-0.3, -0.25) is 9.59 Å². The molecule has 0 saturated carbocycles. The number of carbonyl (C=O) groups is 2. The second-order valence-electron chi connectivity index (χ2n) is 6.60. The topological polar surface area (TPSA) is 61.4 Å². The number of hydrogen-bond acceptors (Lipinski definition) is 4. The van der Waals surface area contributed by atoms with E-state index < -0.39 is 0 Å². The van der Waals surface area contributed by atoms with Crippen molar-refractivity contribution in [3.63, 3.8) is 0 Å². The predicted octanol–water partition coefficient (Wildman–Crippen LogP) is 2.27. The van der Waals surface area contributed by atoms with Crippen LogP contribution in [0.25, 0.3) is 0 Å². The molecule has 126 valence electrons. The number of nitrogens with zero attached hydrogens (tertiary/aromatic N) is 1. The Bertz CT molecular complexity index is 603. The molecule has 2 N–H and O–H groups in total. The molecular formula is C17H25N3O2S. The fourth-order valence-electron chi connectivity index (χ4n) is 3.16. The molecule has 1 fully saturated rings. The maximum atomic E-state index is 13.1. The molecule has 2 amide bonds. The molecule has 0 aromatic carbocycles. The van der Waals surface area contributed by atoms with Gasteiger partial charge in [0.15, 0.2) is 0 Å². The Morgan fingerprint density at radius 3 is 2.57 bits per heavy atom. The molecule has 1 aliphatic heterocycles. The second-order valence-corrected chi connectivity index (χ2v) is 7.71. The third-order valence-corrected chi connectivity index (χ3v) is 5.76. The summed E-state index contributed by atoms with van der Waals surface area (Å²) in [6.07, 6.45) is 4.28. The van der Waals surface area contributed by atoms with Crippen LogP contribution in [0.15, 0.2) is 0 Å². The smallest absolute Gasteiger partial charge is 0.257 e. The first-order valence-electron chi connectivity index (χ1n) is 8.53. The Hall–Kier alpha value is -1.40. The zero-order valence-corrected chi connectivity index (χ0v) is 14.7. The second kappa shape index (κ2) is 7.01. The third-order valence-electron chi connectivity index (χ3n) is 4.55. The SMILES string of the molecule is CC(C)C(=O)Nc1sc2c(c1C(=O)N1CCNCC1)CCCC2. The van der Waals surface area contributed by atoms with Gasteiger partial charge in [-0.2, -0.15) is 0 Å². The van der Waals surface area contributed by atoms with E-state index in [9.17, 15) is 9.59 Å². The minimum atomic E-state index is -0.0868. The molecule has 1 aliphatic carbocycles. The van der Waals surface area contributed by atoms with Gasteiger partial charge in [-0.1, -0.05) is 13.8 Å². The van der Waals surface area contributed by atoms with Crippen LogP contribution >= 0.6 is 11.3 Å². The first kappa shape index (κ1) is 16.5. The molecular weight excluding hydrogens is 310 g/mol. The number of piperazine rings is 1. The summed E-state index contributed by atoms with van der Waals surface area (Å²) in [6, 6.07) is 0. The maximum Gasteiger partial charge on any atom is 0.257 e. The van der Waals surface area contributed by atoms with Crippen LogP contribution in [0, 0.1) is 5.92 Å². The molecule has 6 heteroatoms. The van der Waals surface area contributed by atoms with Crippen molar-refractivity contribution in [3.05, 3.63) is 16.0 Å². The highest BCUT2D eigenvalue weighted by Gasteiger charge is 2.29. The fraction of sp³-hybridized carbons (Fsp3) is 0.647. The third kappa shape index (κ3) is 3.43. The Kier molecular flexibility index (Phi) is 5.02. The number of thiophene rings is 1. The van der Waals surface area contributed by atoms with Crippen LogP contribution in [0.4, 0.5) is 5.00 Å². The predicted molar refractivity (Wildman–Crippen MR) is 93.2 cm³/mol. The largest absolute Gasteiger partial charge is 0.336 e. The summed E-state index contributed by atoms with van der Waals surface area (Å²) >= 11 is 1.60. The number of carbonyl (C=O) groups excluding carboxylic acids is 2. The lowest BCUT2D eigenvalue weighted by Crippen LogP contribution is -2.46. The number of hydrogen-bond donors (Lipinski definition) is 2. The summed E-state index contributed by atoms with van der Waals surface area (Å²) < 4.78 is 0. The van der Waals surface area contributed by atoms with Crippen LogP contribution in [-0.4, -0.2) is 42.9 Å². The van der Waals surface area contributed by atoms with E-state index in [1.807, 2.05) is 18.7 Å². The highest BCUT2D eigenvalue weighted by atomic mass is 32.1. The fourth-order valence-corrected chi connectivity index (χ4v) is 4.45. The van der Waals surface area contributed by atoms with Crippen molar-refractivity contribution in [2.24, 2.45) is 5.92 Å². The molecule has 5 nitrogen and oxygen atoms in total. The molecule has 3 rings (SSSR count). The van der Waals surface area contributed by atoms with Gasteiger partial charge in [0.2, 0.25) is 5.91 Å². The highest BCUT2D eigenvalue weighted by Crippen LogP contribution is 2.39. The van der Waals surface area contributed by atoms with Crippen LogP contribution in [0.1, 0.15) is 47.5 Å². The molecule has 2 aliphatic rings. The molecule has 0 unspecified atom stereocenters. The van der Waals surface area contributed by atoms with Crippen LogP contribution in [0.5, 0.6) is 0 Å². The number of nitrogens with one attached hydrogen (secondary N) is 2. The van der Waals surface area contributed by atoms with Crippen molar-refractivity contribution >= 4 is 28.2 Å². The van der Waals surface area contributed by atoms with Crippen molar-refractivity contribution < 1.29 is 9.59 Å². The average Bonchev–Trinajstić information content (AvgIpc) is 2.92. The lowest BCUT2D eigenvalue weighted by molar-refractivity contribution is -0.118. The van der Waals surface area contributed by atoms with E-state index in [-0.39, 0.29) is 17.7 Å². The summed E-state index contributed by atoms with van der Waals surface area (Å²) in [5.74, 6) is -0.0146. The van der Waals surface area contributed by atoms with E-state index in [0.29, 0.717) is 0 Å². The van der Waals surface area contributed by atoms with Gasteiger partial charge in [0, 0.05) is 37.0 Å². The summed E-state index contributed by atoms with van der Waals surface area (Å²) in [4.78, 5) is 28.4. The molecule has 2 heterocycles. The quantitative estimate of drug-likeness (QED) is 0.891. The standard InChI is InChI=1S/C17H25N3O2S/c1-11(2)15(21)19-16-14(12-5-3-4-6-13(12)23-16)17(22)20-9-7-18-8-10-20/h11,18H,3-10H2,1-2H3,(H,19,21). The van der Waals surface area contributed by atoms with Gasteiger partial charge in [-0.05, 0) is 31.2 Å². The van der Waals surface area contributed by atoms with Crippen molar-refractivity contribution in [1.29, 1.82) is 0 Å². The van der Waals surface area contributed by atoms with Gasteiger partial charge in [0.25, 0.3) is 5.91 Å². The molecule has 0 bridgehead atoms. The van der Waals surface area contributed by atoms with Crippen LogP contribution in [-0.2, 0) is 17.6 Å². The van der Waals surface area contributed by atoms with Crippen LogP contribution < -0.4 is 10.6 Å². The normalized spacial score (nSPS) is 18.0. The first-order valence-corrected chi connectivity index (χ1v) is 9.35. The summed E-state index contributed by atoms with van der Waals surface area (Å²) in [5.41, 5.74) is 1.95. The molecule has 0 spiro atoms. The number of rotatable bonds is 3. The van der Waals surface area contributed by atoms with E-state index >= 15 is 0 Å². The van der Waals surface area contributed by atoms with Gasteiger partial charge in [0.1, 0.15) is 5.00 Å². The van der Waals surface area contributed by atoms with Crippen molar-refractivity contribution in [2.45, 2.75) is 39.5 Å². The first-order chi connectivity index (χ1) is 11.1. The number of fused-ring (bicyclic) bond motifs is 1. The minimum absolute atomic E-state index is 0.0158. The monoisotopic (exact) mass is 335 g/mol. The molecule has 23 heavy (non-hydrogen) atoms. The van der Waals surface area contributed by atoms with Crippen LogP contribution in [0.3, 0.4) is 0 Å². The van der Waals surface area contributed by atoms with E-state index in [0.717, 1.165) is 56.0 Å². The molecule has 0 atom stereocenters. The number of aryl methyl sites for hydroxylation is 1. The molecule has 1 saturated heterocycles. The van der Waals surface area contributed by atoms with Gasteiger partial charge < -0.3 is 15.5 Å². The number of amides is 2. The minimum Gasteiger partial charge on any atom is -0.336 e. The Morgan fingerprint density at radius 1 is 1.17 bits per heavy atom. The lowest BCUT2D eigenvalue weighted by atomic mass is 9.95. The average molecular weight is 335 g/mol. The van der Waals surface area contributed by atoms with Crippen molar-refractivity contribution in [1.82, 2.24) is 10.2 Å². The van der Waals surface area contributed by atoms with Crippen LogP contribution in [0.2, 0.25) is 0 Å². The van der Waals surface area contributed by atoms with Gasteiger partial charge >= 0.3 is 0 Å². The van der Waals surface area contributed by atoms with Crippen molar-refractivity contribution in [2.75, 3.05) is 31.5 Å². The molecule has 1 aromatic rings. The van der Waals surface area contributed by atoms with E-state index in [1.54, 1.807) is 11.3 Å². The maximum absolute atomic E-state index is 13.1. The van der Waals surface area contributed by atoms with Gasteiger partial charge in [-0.25, -0.2) is 0 Å². The van der Waals surface area contributed by atoms with Gasteiger partial charge in [-0.15, -0.1) is 11.3 Å². The van der Waals surface area contributed by atoms with E-state index in [2.05, 4.69) is 10.6 Å². The Labute approximate surface area is 141 Å². The summed E-state index contributed by atoms with van der Waals surface area (Å²) in [5, 5.41) is 7.04. The van der Waals surface area contributed by atoms with E-state index in [4.69, 9.17) is 0 Å². The Balaban J connectivity index is 1.93. The molecule has 0 radical (unpaired) electrons. The summed E-state index contributed by atoms with van der Waals surface area (Å²) in [6.45, 7) is 6.90. The molecule has 1 aromatic heterocycles. The lowest BCUT2D eigenvalue weighted by Gasteiger charge is -2.28. The zero-order chi connectivity index (χ0) is 16.4. The van der Waals surface area contributed by atoms with E-state index in [1.165, 1.54) is 16.9 Å². The highest BCUT2D eigenvalue weighted by molar-refractivity contribution is 7.17. The van der Waals surface area contributed by atoms with Crippen molar-refractivity contribution in [3.8, 4) is 0 Å².